The van der Waals surface area contributed by atoms with E-state index in [1.165, 1.54) is 28.1 Å². The first-order chi connectivity index (χ1) is 14.8. The van der Waals surface area contributed by atoms with E-state index in [4.69, 9.17) is 23.2 Å². The van der Waals surface area contributed by atoms with Gasteiger partial charge in [-0.15, -0.1) is 10.2 Å². The number of benzene rings is 2. The lowest BCUT2D eigenvalue weighted by Gasteiger charge is -2.34. The van der Waals surface area contributed by atoms with E-state index in [1.807, 2.05) is 48.2 Å². The Balaban J connectivity index is 1.39. The van der Waals surface area contributed by atoms with Gasteiger partial charge in [0, 0.05) is 31.9 Å². The Hall–Kier alpha value is -2.39. The third-order valence-corrected chi connectivity index (χ3v) is 7.70. The molecule has 1 fully saturated rings. The second kappa shape index (κ2) is 9.00. The fraction of sp³-hybridized carbons (Fsp3) is 0.238. The van der Waals surface area contributed by atoms with Crippen LogP contribution in [0.2, 0.25) is 10.0 Å². The number of halogens is 2. The zero-order valence-electron chi connectivity index (χ0n) is 16.8. The number of rotatable bonds is 5. The number of aromatic nitrogens is 2. The predicted octanol–water partition coefficient (Wildman–Crippen LogP) is 4.35. The topological polar surface area (TPSA) is 78.4 Å². The SMILES string of the molecule is Cc1ccc(Nc2ccc(N3CCN(S(=O)(=O)c4ccc(Cl)c(Cl)c4)CC3)nn2)cc1. The summed E-state index contributed by atoms with van der Waals surface area (Å²) in [5, 5.41) is 12.3. The molecule has 1 aliphatic heterocycles. The molecule has 1 aromatic heterocycles. The Morgan fingerprint density at radius 2 is 1.58 bits per heavy atom. The molecule has 4 rings (SSSR count). The van der Waals surface area contributed by atoms with Gasteiger partial charge in [-0.1, -0.05) is 40.9 Å². The fourth-order valence-corrected chi connectivity index (χ4v) is 5.10. The maximum atomic E-state index is 12.9. The van der Waals surface area contributed by atoms with Crippen LogP contribution >= 0.6 is 23.2 Å². The van der Waals surface area contributed by atoms with Gasteiger partial charge in [0.2, 0.25) is 10.0 Å². The lowest BCUT2D eigenvalue weighted by atomic mass is 10.2. The maximum Gasteiger partial charge on any atom is 0.243 e. The van der Waals surface area contributed by atoms with Crippen LogP contribution in [0.3, 0.4) is 0 Å². The number of hydrogen-bond donors (Lipinski definition) is 1. The minimum atomic E-state index is -3.63. The van der Waals surface area contributed by atoms with E-state index in [1.54, 1.807) is 0 Å². The molecule has 7 nitrogen and oxygen atoms in total. The van der Waals surface area contributed by atoms with Crippen LogP contribution in [0.5, 0.6) is 0 Å². The molecule has 0 radical (unpaired) electrons. The molecule has 31 heavy (non-hydrogen) atoms. The highest BCUT2D eigenvalue weighted by atomic mass is 35.5. The van der Waals surface area contributed by atoms with Crippen molar-refractivity contribution in [3.05, 3.63) is 70.2 Å². The van der Waals surface area contributed by atoms with Crippen molar-refractivity contribution in [1.82, 2.24) is 14.5 Å². The predicted molar refractivity (Wildman–Crippen MR) is 124 cm³/mol. The van der Waals surface area contributed by atoms with Crippen molar-refractivity contribution in [3.63, 3.8) is 0 Å². The molecular formula is C21H21Cl2N5O2S. The zero-order chi connectivity index (χ0) is 22.0. The van der Waals surface area contributed by atoms with E-state index in [0.29, 0.717) is 42.8 Å². The summed E-state index contributed by atoms with van der Waals surface area (Å²) in [5.74, 6) is 1.36. The third-order valence-electron chi connectivity index (χ3n) is 5.07. The van der Waals surface area contributed by atoms with Crippen LogP contribution in [0.15, 0.2) is 59.5 Å². The van der Waals surface area contributed by atoms with Crippen LogP contribution in [0.25, 0.3) is 0 Å². The molecule has 0 unspecified atom stereocenters. The van der Waals surface area contributed by atoms with Crippen molar-refractivity contribution in [2.24, 2.45) is 0 Å². The highest BCUT2D eigenvalue weighted by Crippen LogP contribution is 2.27. The molecule has 2 heterocycles. The number of nitrogens with one attached hydrogen (secondary N) is 1. The van der Waals surface area contributed by atoms with Crippen LogP contribution < -0.4 is 10.2 Å². The first-order valence-corrected chi connectivity index (χ1v) is 11.9. The van der Waals surface area contributed by atoms with E-state index in [0.717, 1.165) is 5.69 Å². The van der Waals surface area contributed by atoms with Gasteiger partial charge in [-0.3, -0.25) is 0 Å². The lowest BCUT2D eigenvalue weighted by Crippen LogP contribution is -2.49. The summed E-state index contributed by atoms with van der Waals surface area (Å²) in [4.78, 5) is 2.16. The number of nitrogens with zero attached hydrogens (tertiary/aromatic N) is 4. The molecule has 0 bridgehead atoms. The average Bonchev–Trinajstić information content (AvgIpc) is 2.78. The first kappa shape index (κ1) is 21.8. The Morgan fingerprint density at radius 3 is 2.19 bits per heavy atom. The molecule has 0 saturated carbocycles. The highest BCUT2D eigenvalue weighted by Gasteiger charge is 2.29. The normalized spacial score (nSPS) is 15.1. The second-order valence-electron chi connectivity index (χ2n) is 7.23. The van der Waals surface area contributed by atoms with Gasteiger partial charge in [0.05, 0.1) is 14.9 Å². The molecular weight excluding hydrogens is 457 g/mol. The van der Waals surface area contributed by atoms with E-state index < -0.39 is 10.0 Å². The van der Waals surface area contributed by atoms with E-state index in [2.05, 4.69) is 15.5 Å². The van der Waals surface area contributed by atoms with Crippen LogP contribution in [0, 0.1) is 6.92 Å². The summed E-state index contributed by atoms with van der Waals surface area (Å²) < 4.78 is 27.3. The summed E-state index contributed by atoms with van der Waals surface area (Å²) in [5.41, 5.74) is 2.13. The quantitative estimate of drug-likeness (QED) is 0.588. The standard InChI is InChI=1S/C21H21Cl2N5O2S/c1-15-2-4-16(5-3-15)24-20-8-9-21(26-25-20)27-10-12-28(13-11-27)31(29,30)17-6-7-18(22)19(23)14-17/h2-9,14H,10-13H2,1H3,(H,24,25). The minimum absolute atomic E-state index is 0.140. The van der Waals surface area contributed by atoms with Gasteiger partial charge in [-0.05, 0) is 49.4 Å². The molecule has 3 aromatic rings. The summed E-state index contributed by atoms with van der Waals surface area (Å²) in [6.07, 6.45) is 0. The van der Waals surface area contributed by atoms with Gasteiger partial charge in [-0.2, -0.15) is 4.31 Å². The largest absolute Gasteiger partial charge is 0.352 e. The molecule has 10 heteroatoms. The van der Waals surface area contributed by atoms with E-state index in [-0.39, 0.29) is 9.92 Å². The number of piperazine rings is 1. The number of aryl methyl sites for hydroxylation is 1. The zero-order valence-corrected chi connectivity index (χ0v) is 19.1. The van der Waals surface area contributed by atoms with E-state index >= 15 is 0 Å². The molecule has 0 spiro atoms. The Morgan fingerprint density at radius 1 is 0.871 bits per heavy atom. The van der Waals surface area contributed by atoms with Gasteiger partial charge in [0.25, 0.3) is 0 Å². The van der Waals surface area contributed by atoms with Crippen LogP contribution in [-0.4, -0.2) is 49.1 Å². The average molecular weight is 478 g/mol. The summed E-state index contributed by atoms with van der Waals surface area (Å²) in [6.45, 7) is 3.75. The maximum absolute atomic E-state index is 12.9. The van der Waals surface area contributed by atoms with Crippen molar-refractivity contribution in [1.29, 1.82) is 0 Å². The smallest absolute Gasteiger partial charge is 0.243 e. The van der Waals surface area contributed by atoms with Crippen LogP contribution in [-0.2, 0) is 10.0 Å². The summed E-state index contributed by atoms with van der Waals surface area (Å²) in [7, 11) is -3.63. The van der Waals surface area contributed by atoms with Crippen molar-refractivity contribution in [2.45, 2.75) is 11.8 Å². The van der Waals surface area contributed by atoms with Gasteiger partial charge in [-0.25, -0.2) is 8.42 Å². The van der Waals surface area contributed by atoms with Crippen molar-refractivity contribution < 1.29 is 8.42 Å². The Kier molecular flexibility index (Phi) is 6.34. The van der Waals surface area contributed by atoms with Crippen molar-refractivity contribution in [3.8, 4) is 0 Å². The Bertz CT molecular complexity index is 1160. The van der Waals surface area contributed by atoms with Gasteiger partial charge in [0.15, 0.2) is 11.6 Å². The van der Waals surface area contributed by atoms with Crippen molar-refractivity contribution in [2.75, 3.05) is 36.4 Å². The van der Waals surface area contributed by atoms with E-state index in [9.17, 15) is 8.42 Å². The number of anilines is 3. The van der Waals surface area contributed by atoms with Gasteiger partial charge in [0.1, 0.15) is 0 Å². The molecule has 0 aliphatic carbocycles. The summed E-state index contributed by atoms with van der Waals surface area (Å²) in [6, 6.07) is 16.1. The molecule has 1 saturated heterocycles. The highest BCUT2D eigenvalue weighted by molar-refractivity contribution is 7.89. The molecule has 2 aromatic carbocycles. The minimum Gasteiger partial charge on any atom is -0.352 e. The van der Waals surface area contributed by atoms with Gasteiger partial charge < -0.3 is 10.2 Å². The van der Waals surface area contributed by atoms with Gasteiger partial charge >= 0.3 is 0 Å². The summed E-state index contributed by atoms with van der Waals surface area (Å²) >= 11 is 11.9. The molecule has 162 valence electrons. The molecule has 0 atom stereocenters. The monoisotopic (exact) mass is 477 g/mol. The number of sulfonamides is 1. The van der Waals surface area contributed by atoms with Crippen LogP contribution in [0.1, 0.15) is 5.56 Å². The number of hydrogen-bond acceptors (Lipinski definition) is 6. The first-order valence-electron chi connectivity index (χ1n) is 9.70. The Labute approximate surface area is 191 Å². The third kappa shape index (κ3) is 4.93. The van der Waals surface area contributed by atoms with Crippen molar-refractivity contribution >= 4 is 50.5 Å². The lowest BCUT2D eigenvalue weighted by molar-refractivity contribution is 0.383. The second-order valence-corrected chi connectivity index (χ2v) is 9.99. The van der Waals surface area contributed by atoms with Crippen LogP contribution in [0.4, 0.5) is 17.3 Å². The molecule has 1 N–H and O–H groups in total. The fourth-order valence-electron chi connectivity index (χ4n) is 3.29. The molecule has 1 aliphatic rings. The molecule has 0 amide bonds.